The van der Waals surface area contributed by atoms with E-state index < -0.39 is 0 Å². The summed E-state index contributed by atoms with van der Waals surface area (Å²) in [4.78, 5) is 22.5. The summed E-state index contributed by atoms with van der Waals surface area (Å²) in [5.74, 6) is -0.548. The number of allylic oxidation sites excluding steroid dienone is 2. The van der Waals surface area contributed by atoms with E-state index in [0.717, 1.165) is 38.5 Å². The maximum atomic E-state index is 11.2. The predicted molar refractivity (Wildman–Crippen MR) is 67.9 cm³/mol. The zero-order chi connectivity index (χ0) is 13.1. The van der Waals surface area contributed by atoms with Crippen molar-refractivity contribution in [1.29, 1.82) is 0 Å². The van der Waals surface area contributed by atoms with Gasteiger partial charge in [-0.25, -0.2) is 9.59 Å². The molecule has 1 aliphatic rings. The van der Waals surface area contributed by atoms with Crippen LogP contribution in [-0.2, 0) is 19.1 Å². The SMILES string of the molecule is O=C1C=CCCCCOC(=O)C=CCCCCO1. The van der Waals surface area contributed by atoms with E-state index in [1.807, 2.05) is 0 Å². The molecular formula is C14H20O4. The molecule has 0 fully saturated rings. The van der Waals surface area contributed by atoms with E-state index in [0.29, 0.717) is 13.2 Å². The highest BCUT2D eigenvalue weighted by Gasteiger charge is 1.99. The third-order valence-electron chi connectivity index (χ3n) is 2.53. The quantitative estimate of drug-likeness (QED) is 0.622. The second kappa shape index (κ2) is 9.45. The van der Waals surface area contributed by atoms with Gasteiger partial charge >= 0.3 is 11.9 Å². The Morgan fingerprint density at radius 3 is 1.61 bits per heavy atom. The maximum absolute atomic E-state index is 11.2. The molecule has 0 saturated carbocycles. The summed E-state index contributed by atoms with van der Waals surface area (Å²) < 4.78 is 10.0. The van der Waals surface area contributed by atoms with Gasteiger partial charge in [-0.2, -0.15) is 0 Å². The van der Waals surface area contributed by atoms with Gasteiger partial charge in [0.05, 0.1) is 13.2 Å². The Kier molecular flexibility index (Phi) is 7.60. The molecule has 0 radical (unpaired) electrons. The molecular weight excluding hydrogens is 232 g/mol. The largest absolute Gasteiger partial charge is 0.463 e. The van der Waals surface area contributed by atoms with Crippen molar-refractivity contribution in [2.45, 2.75) is 38.5 Å². The lowest BCUT2D eigenvalue weighted by Crippen LogP contribution is -2.03. The van der Waals surface area contributed by atoms with Crippen LogP contribution in [0.1, 0.15) is 38.5 Å². The molecule has 0 aliphatic carbocycles. The molecule has 0 N–H and O–H groups in total. The lowest BCUT2D eigenvalue weighted by atomic mass is 10.2. The van der Waals surface area contributed by atoms with E-state index in [4.69, 9.17) is 9.47 Å². The van der Waals surface area contributed by atoms with E-state index in [1.54, 1.807) is 12.2 Å². The van der Waals surface area contributed by atoms with E-state index in [2.05, 4.69) is 0 Å². The van der Waals surface area contributed by atoms with Gasteiger partial charge in [0, 0.05) is 12.2 Å². The second-order valence-corrected chi connectivity index (χ2v) is 4.13. The molecule has 1 heterocycles. The molecule has 4 nitrogen and oxygen atoms in total. The van der Waals surface area contributed by atoms with Crippen molar-refractivity contribution in [3.8, 4) is 0 Å². The molecule has 0 aromatic carbocycles. The zero-order valence-corrected chi connectivity index (χ0v) is 10.6. The fourth-order valence-corrected chi connectivity index (χ4v) is 1.53. The number of carbonyl (C=O) groups is 2. The van der Waals surface area contributed by atoms with Crippen molar-refractivity contribution < 1.29 is 19.1 Å². The number of esters is 2. The van der Waals surface area contributed by atoms with E-state index in [1.165, 1.54) is 12.2 Å². The molecule has 18 heavy (non-hydrogen) atoms. The van der Waals surface area contributed by atoms with Gasteiger partial charge in [0.25, 0.3) is 0 Å². The molecule has 1 rings (SSSR count). The molecule has 0 amide bonds. The van der Waals surface area contributed by atoms with Gasteiger partial charge in [-0.05, 0) is 38.5 Å². The summed E-state index contributed by atoms with van der Waals surface area (Å²) >= 11 is 0. The Hall–Kier alpha value is -1.58. The lowest BCUT2D eigenvalue weighted by Gasteiger charge is -2.02. The zero-order valence-electron chi connectivity index (χ0n) is 10.6. The molecule has 0 saturated heterocycles. The predicted octanol–water partition coefficient (Wildman–Crippen LogP) is 2.54. The average Bonchev–Trinajstić information content (AvgIpc) is 2.35. The van der Waals surface area contributed by atoms with Crippen molar-refractivity contribution in [3.05, 3.63) is 24.3 Å². The lowest BCUT2D eigenvalue weighted by molar-refractivity contribution is -0.138. The van der Waals surface area contributed by atoms with Gasteiger partial charge < -0.3 is 9.47 Å². The monoisotopic (exact) mass is 252 g/mol. The average molecular weight is 252 g/mol. The Balaban J connectivity index is 2.35. The van der Waals surface area contributed by atoms with Crippen LogP contribution in [0.4, 0.5) is 0 Å². The summed E-state index contributed by atoms with van der Waals surface area (Å²) in [5, 5.41) is 0. The molecule has 1 aliphatic heterocycles. The van der Waals surface area contributed by atoms with Gasteiger partial charge in [0.2, 0.25) is 0 Å². The number of ether oxygens (including phenoxy) is 2. The summed E-state index contributed by atoms with van der Waals surface area (Å²) in [6.07, 6.45) is 11.5. The molecule has 0 spiro atoms. The Morgan fingerprint density at radius 2 is 1.17 bits per heavy atom. The van der Waals surface area contributed by atoms with Crippen molar-refractivity contribution in [2.75, 3.05) is 13.2 Å². The molecule has 4 heteroatoms. The van der Waals surface area contributed by atoms with Crippen LogP contribution in [0, 0.1) is 0 Å². The minimum absolute atomic E-state index is 0.274. The fourth-order valence-electron chi connectivity index (χ4n) is 1.53. The Labute approximate surface area is 108 Å². The van der Waals surface area contributed by atoms with Crippen LogP contribution in [0.3, 0.4) is 0 Å². The number of cyclic esters (lactones) is 2. The minimum Gasteiger partial charge on any atom is -0.463 e. The highest BCUT2D eigenvalue weighted by Crippen LogP contribution is 2.01. The molecule has 0 aromatic rings. The van der Waals surface area contributed by atoms with Crippen LogP contribution in [-0.4, -0.2) is 25.2 Å². The number of hydrogen-bond donors (Lipinski definition) is 0. The van der Waals surface area contributed by atoms with E-state index >= 15 is 0 Å². The second-order valence-electron chi connectivity index (χ2n) is 4.13. The summed E-state index contributed by atoms with van der Waals surface area (Å²) in [7, 11) is 0. The molecule has 100 valence electrons. The van der Waals surface area contributed by atoms with Gasteiger partial charge in [-0.15, -0.1) is 0 Å². The van der Waals surface area contributed by atoms with Crippen LogP contribution >= 0.6 is 0 Å². The molecule has 0 aromatic heterocycles. The minimum atomic E-state index is -0.274. The van der Waals surface area contributed by atoms with Crippen molar-refractivity contribution in [2.24, 2.45) is 0 Å². The number of rotatable bonds is 0. The maximum Gasteiger partial charge on any atom is 0.330 e. The smallest absolute Gasteiger partial charge is 0.330 e. The fraction of sp³-hybridized carbons (Fsp3) is 0.571. The van der Waals surface area contributed by atoms with Gasteiger partial charge in [0.15, 0.2) is 0 Å². The third kappa shape index (κ3) is 7.65. The standard InChI is InChI=1S/C14H20O4/c15-13-9-5-1-3-7-11-17-14(16)10-6-2-4-8-12-18-13/h5-6,9-10H,1-4,7-8,11-12H2. The first-order valence-electron chi connectivity index (χ1n) is 6.45. The highest BCUT2D eigenvalue weighted by molar-refractivity contribution is 5.82. The van der Waals surface area contributed by atoms with Crippen molar-refractivity contribution >= 4 is 11.9 Å². The van der Waals surface area contributed by atoms with E-state index in [-0.39, 0.29) is 11.9 Å². The van der Waals surface area contributed by atoms with Gasteiger partial charge in [-0.1, -0.05) is 12.2 Å². The Bertz CT molecular complexity index is 286. The van der Waals surface area contributed by atoms with Gasteiger partial charge in [-0.3, -0.25) is 0 Å². The molecule has 0 atom stereocenters. The summed E-state index contributed by atoms with van der Waals surface area (Å²) in [5.41, 5.74) is 0. The molecule has 0 bridgehead atoms. The topological polar surface area (TPSA) is 52.6 Å². The van der Waals surface area contributed by atoms with Crippen LogP contribution in [0.25, 0.3) is 0 Å². The van der Waals surface area contributed by atoms with Crippen molar-refractivity contribution in [3.63, 3.8) is 0 Å². The third-order valence-corrected chi connectivity index (χ3v) is 2.53. The summed E-state index contributed by atoms with van der Waals surface area (Å²) in [6.45, 7) is 0.864. The highest BCUT2D eigenvalue weighted by atomic mass is 16.5. The Morgan fingerprint density at radius 1 is 0.722 bits per heavy atom. The first-order valence-corrected chi connectivity index (χ1v) is 6.45. The van der Waals surface area contributed by atoms with Crippen LogP contribution in [0.2, 0.25) is 0 Å². The van der Waals surface area contributed by atoms with Crippen LogP contribution < -0.4 is 0 Å². The normalized spacial score (nSPS) is 20.2. The van der Waals surface area contributed by atoms with Crippen molar-refractivity contribution in [1.82, 2.24) is 0 Å². The van der Waals surface area contributed by atoms with Crippen LogP contribution in [0.15, 0.2) is 24.3 Å². The number of carbonyl (C=O) groups excluding carboxylic acids is 2. The summed E-state index contributed by atoms with van der Waals surface area (Å²) in [6, 6.07) is 0. The molecule has 0 unspecified atom stereocenters. The first kappa shape index (κ1) is 14.5. The first-order chi connectivity index (χ1) is 8.79. The number of hydrogen-bond acceptors (Lipinski definition) is 4. The van der Waals surface area contributed by atoms with Crippen LogP contribution in [0.5, 0.6) is 0 Å². The van der Waals surface area contributed by atoms with Gasteiger partial charge in [0.1, 0.15) is 0 Å². The van der Waals surface area contributed by atoms with E-state index in [9.17, 15) is 9.59 Å².